The molecule has 0 spiro atoms. The second-order valence-electron chi connectivity index (χ2n) is 7.28. The van der Waals surface area contributed by atoms with E-state index in [0.717, 1.165) is 6.42 Å². The molecule has 1 aromatic carbocycles. The third-order valence-corrected chi connectivity index (χ3v) is 5.90. The molecule has 0 saturated heterocycles. The molecule has 4 aliphatic carbocycles. The normalized spacial score (nSPS) is 33.3. The predicted molar refractivity (Wildman–Crippen MR) is 93.4 cm³/mol. The summed E-state index contributed by atoms with van der Waals surface area (Å²) in [5.41, 5.74) is 0.957. The Bertz CT molecular complexity index is 784. The van der Waals surface area contributed by atoms with Crippen LogP contribution in [0.15, 0.2) is 36.4 Å². The number of hydrogen-bond donors (Lipinski definition) is 2. The third kappa shape index (κ3) is 2.69. The van der Waals surface area contributed by atoms with Crippen LogP contribution < -0.4 is 5.32 Å². The molecule has 26 heavy (non-hydrogen) atoms. The minimum atomic E-state index is -0.896. The lowest BCUT2D eigenvalue weighted by Crippen LogP contribution is -2.48. The number of carboxylic acid groups (broad SMARTS) is 1. The van der Waals surface area contributed by atoms with E-state index in [1.807, 2.05) is 12.2 Å². The van der Waals surface area contributed by atoms with E-state index >= 15 is 0 Å². The first-order valence-electron chi connectivity index (χ1n) is 9.00. The molecule has 136 valence electrons. The topological polar surface area (TPSA) is 92.7 Å². The van der Waals surface area contributed by atoms with Gasteiger partial charge in [-0.25, -0.2) is 4.79 Å². The van der Waals surface area contributed by atoms with E-state index in [0.29, 0.717) is 29.7 Å². The molecular weight excluding hydrogens is 334 g/mol. The Hall–Kier alpha value is -2.63. The number of fused-ring (bicyclic) bond motifs is 1. The van der Waals surface area contributed by atoms with Gasteiger partial charge in [-0.05, 0) is 61.3 Å². The van der Waals surface area contributed by atoms with E-state index in [2.05, 4.69) is 5.32 Å². The number of amides is 1. The molecule has 0 aromatic heterocycles. The first-order valence-corrected chi connectivity index (χ1v) is 9.00. The van der Waals surface area contributed by atoms with Crippen molar-refractivity contribution >= 4 is 23.5 Å². The Labute approximate surface area is 151 Å². The fourth-order valence-electron chi connectivity index (χ4n) is 4.70. The second-order valence-corrected chi connectivity index (χ2v) is 7.28. The van der Waals surface area contributed by atoms with Gasteiger partial charge < -0.3 is 15.2 Å². The summed E-state index contributed by atoms with van der Waals surface area (Å²) >= 11 is 0. The van der Waals surface area contributed by atoms with Gasteiger partial charge in [-0.2, -0.15) is 0 Å². The third-order valence-electron chi connectivity index (χ3n) is 5.90. The maximum atomic E-state index is 12.9. The highest BCUT2D eigenvalue weighted by Crippen LogP contribution is 2.63. The highest BCUT2D eigenvalue weighted by molar-refractivity contribution is 5.97. The van der Waals surface area contributed by atoms with Gasteiger partial charge in [0.25, 0.3) is 0 Å². The first kappa shape index (κ1) is 16.8. The van der Waals surface area contributed by atoms with Gasteiger partial charge in [0.15, 0.2) is 0 Å². The van der Waals surface area contributed by atoms with E-state index in [-0.39, 0.29) is 17.7 Å². The number of carboxylic acids is 1. The first-order chi connectivity index (χ1) is 12.5. The van der Waals surface area contributed by atoms with Crippen molar-refractivity contribution in [2.75, 3.05) is 11.9 Å². The van der Waals surface area contributed by atoms with Crippen LogP contribution in [0.25, 0.3) is 0 Å². The number of benzene rings is 1. The molecule has 6 atom stereocenters. The van der Waals surface area contributed by atoms with Crippen LogP contribution in [0.3, 0.4) is 0 Å². The summed E-state index contributed by atoms with van der Waals surface area (Å²) in [5.74, 6) is -1.93. The number of anilines is 1. The van der Waals surface area contributed by atoms with Gasteiger partial charge in [0, 0.05) is 5.69 Å². The number of aliphatic carboxylic acids is 1. The molecule has 0 unspecified atom stereocenters. The van der Waals surface area contributed by atoms with Crippen LogP contribution in [0.4, 0.5) is 5.69 Å². The Kier molecular flexibility index (Phi) is 4.05. The Morgan fingerprint density at radius 3 is 2.27 bits per heavy atom. The van der Waals surface area contributed by atoms with Crippen LogP contribution in [0, 0.1) is 35.5 Å². The molecule has 1 amide bonds. The second kappa shape index (κ2) is 6.27. The molecule has 6 nitrogen and oxygen atoms in total. The quantitative estimate of drug-likeness (QED) is 0.625. The standard InChI is InChI=1S/C20H21NO5/c1-2-26-20(25)10-3-5-11(6-4-10)21-18(22)16-12-7-8-13(15-9-14(12)15)17(16)19(23)24/h3-8,12-17H,2,9H2,1H3,(H,21,22)(H,23,24)/t12-,13-,14-,15-,16+,17+/m0/s1. The number of hydrogen-bond acceptors (Lipinski definition) is 4. The Balaban J connectivity index is 1.50. The molecular formula is C20H21NO5. The van der Waals surface area contributed by atoms with Crippen LogP contribution in [-0.4, -0.2) is 29.6 Å². The smallest absolute Gasteiger partial charge is 0.338 e. The fraction of sp³-hybridized carbons (Fsp3) is 0.450. The molecule has 2 bridgehead atoms. The SMILES string of the molecule is CCOC(=O)c1ccc(NC(=O)[C@@H]2[C@H]3C=C[C@@H]([C@@H]4C[C@@H]34)[C@H]2C(=O)O)cc1. The minimum Gasteiger partial charge on any atom is -0.481 e. The number of carbonyl (C=O) groups is 3. The van der Waals surface area contributed by atoms with E-state index in [9.17, 15) is 19.5 Å². The van der Waals surface area contributed by atoms with Gasteiger partial charge in [0.05, 0.1) is 24.0 Å². The number of esters is 1. The number of carbonyl (C=O) groups excluding carboxylic acids is 2. The van der Waals surface area contributed by atoms with Crippen molar-refractivity contribution in [1.82, 2.24) is 0 Å². The summed E-state index contributed by atoms with van der Waals surface area (Å²) in [4.78, 5) is 36.3. The summed E-state index contributed by atoms with van der Waals surface area (Å²) < 4.78 is 4.94. The van der Waals surface area contributed by atoms with Gasteiger partial charge in [-0.3, -0.25) is 9.59 Å². The minimum absolute atomic E-state index is 0.00454. The van der Waals surface area contributed by atoms with E-state index in [1.165, 1.54) is 0 Å². The van der Waals surface area contributed by atoms with Gasteiger partial charge >= 0.3 is 11.9 Å². The Morgan fingerprint density at radius 2 is 1.69 bits per heavy atom. The zero-order chi connectivity index (χ0) is 18.4. The van der Waals surface area contributed by atoms with Crippen molar-refractivity contribution in [3.05, 3.63) is 42.0 Å². The fourth-order valence-corrected chi connectivity index (χ4v) is 4.70. The lowest BCUT2D eigenvalue weighted by atomic mass is 9.62. The molecule has 2 N–H and O–H groups in total. The molecule has 2 fully saturated rings. The molecule has 0 heterocycles. The highest BCUT2D eigenvalue weighted by atomic mass is 16.5. The summed E-state index contributed by atoms with van der Waals surface area (Å²) in [6.45, 7) is 2.04. The van der Waals surface area contributed by atoms with E-state index in [4.69, 9.17) is 4.74 Å². The zero-order valence-corrected chi connectivity index (χ0v) is 14.4. The number of ether oxygens (including phenoxy) is 1. The maximum Gasteiger partial charge on any atom is 0.338 e. The summed E-state index contributed by atoms with van der Waals surface area (Å²) in [5, 5.41) is 12.5. The predicted octanol–water partition coefficient (Wildman–Crippen LogP) is 2.57. The lowest BCUT2D eigenvalue weighted by Gasteiger charge is -2.41. The van der Waals surface area contributed by atoms with Gasteiger partial charge in [-0.15, -0.1) is 0 Å². The van der Waals surface area contributed by atoms with Crippen molar-refractivity contribution in [3.8, 4) is 0 Å². The van der Waals surface area contributed by atoms with E-state index < -0.39 is 23.8 Å². The van der Waals surface area contributed by atoms with Crippen LogP contribution in [0.5, 0.6) is 0 Å². The number of allylic oxidation sites excluding steroid dienone is 2. The van der Waals surface area contributed by atoms with Crippen molar-refractivity contribution in [2.24, 2.45) is 35.5 Å². The van der Waals surface area contributed by atoms with Crippen LogP contribution in [0.1, 0.15) is 23.7 Å². The van der Waals surface area contributed by atoms with Crippen LogP contribution in [0.2, 0.25) is 0 Å². The van der Waals surface area contributed by atoms with E-state index in [1.54, 1.807) is 31.2 Å². The molecule has 6 heteroatoms. The average Bonchev–Trinajstić information content (AvgIpc) is 3.44. The largest absolute Gasteiger partial charge is 0.481 e. The van der Waals surface area contributed by atoms with Crippen LogP contribution in [-0.2, 0) is 14.3 Å². The summed E-state index contributed by atoms with van der Waals surface area (Å²) in [7, 11) is 0. The monoisotopic (exact) mass is 355 g/mol. The molecule has 5 rings (SSSR count). The Morgan fingerprint density at radius 1 is 1.08 bits per heavy atom. The van der Waals surface area contributed by atoms with Crippen molar-refractivity contribution in [3.63, 3.8) is 0 Å². The lowest BCUT2D eigenvalue weighted by molar-refractivity contribution is -0.152. The number of rotatable bonds is 5. The molecule has 2 saturated carbocycles. The molecule has 0 aliphatic heterocycles. The van der Waals surface area contributed by atoms with Gasteiger partial charge in [0.1, 0.15) is 0 Å². The number of nitrogens with one attached hydrogen (secondary N) is 1. The summed E-state index contributed by atoms with van der Waals surface area (Å²) in [6.07, 6.45) is 5.05. The van der Waals surface area contributed by atoms with Gasteiger partial charge in [-0.1, -0.05) is 12.2 Å². The van der Waals surface area contributed by atoms with Crippen molar-refractivity contribution in [2.45, 2.75) is 13.3 Å². The average molecular weight is 355 g/mol. The zero-order valence-electron chi connectivity index (χ0n) is 14.4. The molecule has 0 radical (unpaired) electrons. The van der Waals surface area contributed by atoms with Crippen molar-refractivity contribution < 1.29 is 24.2 Å². The maximum absolute atomic E-state index is 12.9. The summed E-state index contributed by atoms with van der Waals surface area (Å²) in [6, 6.07) is 6.45. The van der Waals surface area contributed by atoms with Gasteiger partial charge in [0.2, 0.25) is 5.91 Å². The van der Waals surface area contributed by atoms with Crippen LogP contribution >= 0.6 is 0 Å². The molecule has 4 aliphatic rings. The van der Waals surface area contributed by atoms with Crippen molar-refractivity contribution in [1.29, 1.82) is 0 Å². The molecule has 1 aromatic rings. The highest BCUT2D eigenvalue weighted by Gasteiger charge is 2.62.